The number of hydrogen-bond acceptors (Lipinski definition) is 3. The Hall–Kier alpha value is -1.29. The van der Waals surface area contributed by atoms with Gasteiger partial charge in [-0.05, 0) is 31.2 Å². The first-order valence-corrected chi connectivity index (χ1v) is 5.42. The molecule has 0 aliphatic rings. The molecular formula is C11H13O3Si. The molecule has 79 valence electrons. The molecule has 3 radical (unpaired) electrons. The molecule has 0 atom stereocenters. The second-order valence-electron chi connectivity index (χ2n) is 2.90. The maximum atomic E-state index is 11.4. The van der Waals surface area contributed by atoms with Crippen molar-refractivity contribution >= 4 is 16.0 Å². The quantitative estimate of drug-likeness (QED) is 0.562. The van der Waals surface area contributed by atoms with Crippen molar-refractivity contribution in [1.29, 1.82) is 0 Å². The van der Waals surface area contributed by atoms with Gasteiger partial charge in [0.25, 0.3) is 0 Å². The summed E-state index contributed by atoms with van der Waals surface area (Å²) >= 11 is 0. The zero-order valence-corrected chi connectivity index (χ0v) is 9.87. The fourth-order valence-corrected chi connectivity index (χ4v) is 1.42. The van der Waals surface area contributed by atoms with Crippen molar-refractivity contribution in [3.63, 3.8) is 0 Å². The van der Waals surface area contributed by atoms with Gasteiger partial charge in [-0.1, -0.05) is 0 Å². The molecule has 0 aliphatic carbocycles. The number of ketones is 1. The van der Waals surface area contributed by atoms with Gasteiger partial charge >= 0.3 is 0 Å². The molecule has 0 aliphatic heterocycles. The summed E-state index contributed by atoms with van der Waals surface area (Å²) in [5.74, 6) is 1.27. The van der Waals surface area contributed by atoms with E-state index in [0.717, 1.165) is 0 Å². The fourth-order valence-electron chi connectivity index (χ4n) is 1.22. The van der Waals surface area contributed by atoms with Crippen LogP contribution >= 0.6 is 0 Å². The minimum Gasteiger partial charge on any atom is -0.493 e. The van der Waals surface area contributed by atoms with E-state index in [-0.39, 0.29) is 5.78 Å². The van der Waals surface area contributed by atoms with E-state index in [1.165, 1.54) is 0 Å². The summed E-state index contributed by atoms with van der Waals surface area (Å²) in [4.78, 5) is 11.4. The highest BCUT2D eigenvalue weighted by Gasteiger charge is 2.09. The predicted molar refractivity (Wildman–Crippen MR) is 59.1 cm³/mol. The van der Waals surface area contributed by atoms with Crippen molar-refractivity contribution < 1.29 is 14.3 Å². The summed E-state index contributed by atoms with van der Waals surface area (Å²) < 4.78 is 10.5. The molecule has 0 N–H and O–H groups in total. The van der Waals surface area contributed by atoms with Gasteiger partial charge in [0.1, 0.15) is 0 Å². The van der Waals surface area contributed by atoms with Crippen LogP contribution in [0.3, 0.4) is 0 Å². The first-order chi connectivity index (χ1) is 7.22. The zero-order valence-electron chi connectivity index (χ0n) is 8.87. The molecule has 0 bridgehead atoms. The highest BCUT2D eigenvalue weighted by atomic mass is 28.1. The maximum absolute atomic E-state index is 11.4. The van der Waals surface area contributed by atoms with E-state index in [4.69, 9.17) is 9.47 Å². The Morgan fingerprint density at radius 3 is 2.67 bits per heavy atom. The number of methoxy groups -OCH3 is 1. The topological polar surface area (TPSA) is 35.5 Å². The second kappa shape index (κ2) is 5.55. The van der Waals surface area contributed by atoms with Crippen LogP contribution in [0.5, 0.6) is 11.5 Å². The van der Waals surface area contributed by atoms with Gasteiger partial charge in [0.05, 0.1) is 13.7 Å². The van der Waals surface area contributed by atoms with Crippen molar-refractivity contribution in [3.05, 3.63) is 23.8 Å². The third-order valence-electron chi connectivity index (χ3n) is 1.95. The molecule has 0 unspecified atom stereocenters. The zero-order chi connectivity index (χ0) is 11.3. The fraction of sp³-hybridized carbons (Fsp3) is 0.364. The van der Waals surface area contributed by atoms with Gasteiger partial charge in [0, 0.05) is 15.8 Å². The van der Waals surface area contributed by atoms with Crippen molar-refractivity contribution in [2.24, 2.45) is 0 Å². The van der Waals surface area contributed by atoms with Crippen LogP contribution in [0.2, 0.25) is 6.04 Å². The van der Waals surface area contributed by atoms with Crippen LogP contribution in [0.4, 0.5) is 0 Å². The Balaban J connectivity index is 3.04. The molecule has 0 spiro atoms. The summed E-state index contributed by atoms with van der Waals surface area (Å²) in [5.41, 5.74) is 0.620. The van der Waals surface area contributed by atoms with Crippen molar-refractivity contribution in [2.75, 3.05) is 13.7 Å². The molecule has 0 amide bonds. The van der Waals surface area contributed by atoms with Gasteiger partial charge in [-0.2, -0.15) is 0 Å². The van der Waals surface area contributed by atoms with Crippen LogP contribution in [0.15, 0.2) is 18.2 Å². The van der Waals surface area contributed by atoms with E-state index in [9.17, 15) is 4.79 Å². The van der Waals surface area contributed by atoms with Crippen LogP contribution < -0.4 is 9.47 Å². The Morgan fingerprint density at radius 2 is 2.13 bits per heavy atom. The molecule has 0 fully saturated rings. The van der Waals surface area contributed by atoms with Crippen LogP contribution in [0, 0.1) is 0 Å². The Kier molecular flexibility index (Phi) is 4.36. The first-order valence-electron chi connectivity index (χ1n) is 4.71. The van der Waals surface area contributed by atoms with E-state index in [1.54, 1.807) is 25.3 Å². The predicted octanol–water partition coefficient (Wildman–Crippen LogP) is 1.86. The first kappa shape index (κ1) is 11.8. The lowest BCUT2D eigenvalue weighted by Gasteiger charge is -2.10. The molecule has 0 saturated heterocycles. The molecule has 1 rings (SSSR count). The number of carbonyl (C=O) groups excluding carboxylic acids is 1. The summed E-state index contributed by atoms with van der Waals surface area (Å²) in [6, 6.07) is 5.46. The second-order valence-corrected chi connectivity index (χ2v) is 3.25. The Bertz CT molecular complexity index is 350. The lowest BCUT2D eigenvalue weighted by molar-refractivity contribution is 0.101. The number of benzene rings is 1. The summed E-state index contributed by atoms with van der Waals surface area (Å²) in [5, 5.41) is 0. The van der Waals surface area contributed by atoms with Crippen molar-refractivity contribution in [1.82, 2.24) is 0 Å². The SMILES string of the molecule is CCOc1cc(C(=O)C[Si])ccc1OC. The van der Waals surface area contributed by atoms with E-state index in [0.29, 0.717) is 29.7 Å². The lowest BCUT2D eigenvalue weighted by Crippen LogP contribution is -2.01. The summed E-state index contributed by atoms with van der Waals surface area (Å²) in [6.45, 7) is 2.43. The largest absolute Gasteiger partial charge is 0.493 e. The third kappa shape index (κ3) is 2.83. The molecule has 15 heavy (non-hydrogen) atoms. The number of Topliss-reactive ketones (excluding diaryl/α,β-unsaturated/α-hetero) is 1. The minimum atomic E-state index is 0.0234. The molecule has 1 aromatic carbocycles. The standard InChI is InChI=1S/C11H13O3Si/c1-3-14-11-6-8(9(12)7-15)4-5-10(11)13-2/h4-6H,3,7H2,1-2H3. The van der Waals surface area contributed by atoms with Gasteiger partial charge < -0.3 is 9.47 Å². The maximum Gasteiger partial charge on any atom is 0.161 e. The average Bonchev–Trinajstić information content (AvgIpc) is 2.28. The molecule has 0 saturated carbocycles. The monoisotopic (exact) mass is 221 g/mol. The van der Waals surface area contributed by atoms with Crippen LogP contribution in [-0.4, -0.2) is 29.7 Å². The molecule has 4 heteroatoms. The number of hydrogen-bond donors (Lipinski definition) is 0. The van der Waals surface area contributed by atoms with Gasteiger partial charge in [-0.3, -0.25) is 4.79 Å². The van der Waals surface area contributed by atoms with Gasteiger partial charge in [0.2, 0.25) is 0 Å². The smallest absolute Gasteiger partial charge is 0.161 e. The molecule has 0 aromatic heterocycles. The highest BCUT2D eigenvalue weighted by Crippen LogP contribution is 2.28. The molecule has 0 heterocycles. The van der Waals surface area contributed by atoms with E-state index >= 15 is 0 Å². The molecule has 3 nitrogen and oxygen atoms in total. The van der Waals surface area contributed by atoms with Crippen LogP contribution in [0.1, 0.15) is 17.3 Å². The minimum absolute atomic E-state index is 0.0234. The summed E-state index contributed by atoms with van der Waals surface area (Å²) in [6.07, 6.45) is 0. The molecule has 1 aromatic rings. The van der Waals surface area contributed by atoms with E-state index in [2.05, 4.69) is 10.2 Å². The van der Waals surface area contributed by atoms with Crippen molar-refractivity contribution in [3.8, 4) is 11.5 Å². The number of carbonyl (C=O) groups is 1. The van der Waals surface area contributed by atoms with Crippen LogP contribution in [-0.2, 0) is 0 Å². The normalized spacial score (nSPS) is 9.80. The van der Waals surface area contributed by atoms with Crippen molar-refractivity contribution in [2.45, 2.75) is 13.0 Å². The van der Waals surface area contributed by atoms with Crippen LogP contribution in [0.25, 0.3) is 0 Å². The summed E-state index contributed by atoms with van der Waals surface area (Å²) in [7, 11) is 4.75. The highest BCUT2D eigenvalue weighted by molar-refractivity contribution is 6.24. The van der Waals surface area contributed by atoms with E-state index in [1.807, 2.05) is 6.92 Å². The van der Waals surface area contributed by atoms with Gasteiger partial charge in [0.15, 0.2) is 17.3 Å². The average molecular weight is 221 g/mol. The Morgan fingerprint density at radius 1 is 1.40 bits per heavy atom. The number of ether oxygens (including phenoxy) is 2. The number of rotatable bonds is 5. The van der Waals surface area contributed by atoms with Gasteiger partial charge in [-0.15, -0.1) is 0 Å². The third-order valence-corrected chi connectivity index (χ3v) is 2.27. The molecular weight excluding hydrogens is 208 g/mol. The lowest BCUT2D eigenvalue weighted by atomic mass is 10.1. The van der Waals surface area contributed by atoms with Gasteiger partial charge in [-0.25, -0.2) is 0 Å². The Labute approximate surface area is 92.8 Å². The van der Waals surface area contributed by atoms with E-state index < -0.39 is 0 Å².